The summed E-state index contributed by atoms with van der Waals surface area (Å²) < 4.78 is 2.70. The van der Waals surface area contributed by atoms with Gasteiger partial charge in [-0.25, -0.2) is 14.4 Å². The van der Waals surface area contributed by atoms with Crippen LogP contribution in [-0.2, 0) is 6.54 Å². The van der Waals surface area contributed by atoms with Crippen LogP contribution in [0.15, 0.2) is 30.5 Å². The number of carbonyl (C=O) groups excluding carboxylic acids is 1. The van der Waals surface area contributed by atoms with Gasteiger partial charge in [0.05, 0.1) is 23.5 Å². The van der Waals surface area contributed by atoms with Crippen LogP contribution < -0.4 is 0 Å². The Morgan fingerprint density at radius 3 is 2.58 bits per heavy atom. The number of carbonyl (C=O) groups is 2. The Morgan fingerprint density at radius 1 is 1.32 bits per heavy atom. The molecule has 2 aromatic rings. The third-order valence-corrected chi connectivity index (χ3v) is 3.62. The Morgan fingerprint density at radius 2 is 2.00 bits per heavy atom. The first-order chi connectivity index (χ1) is 9.06. The number of carboxylic acid groups (broad SMARTS) is 1. The van der Waals surface area contributed by atoms with Gasteiger partial charge in [0.15, 0.2) is 0 Å². The van der Waals surface area contributed by atoms with Gasteiger partial charge in [-0.05, 0) is 46.9 Å². The molecule has 0 atom stereocenters. The number of imide groups is 1. The van der Waals surface area contributed by atoms with Gasteiger partial charge < -0.3 is 5.11 Å². The highest BCUT2D eigenvalue weighted by Crippen LogP contribution is 2.23. The molecule has 0 spiro atoms. The predicted molar refractivity (Wildman–Crippen MR) is 74.2 cm³/mol. The van der Waals surface area contributed by atoms with E-state index in [-0.39, 0.29) is 6.54 Å². The van der Waals surface area contributed by atoms with Gasteiger partial charge in [-0.1, -0.05) is 0 Å². The van der Waals surface area contributed by atoms with E-state index in [4.69, 9.17) is 5.11 Å². The van der Waals surface area contributed by atoms with Crippen LogP contribution in [0.3, 0.4) is 0 Å². The molecule has 7 heteroatoms. The lowest BCUT2D eigenvalue weighted by Crippen LogP contribution is -2.29. The molecule has 2 amide bonds. The molecule has 1 aromatic heterocycles. The van der Waals surface area contributed by atoms with E-state index in [1.165, 1.54) is 0 Å². The summed E-state index contributed by atoms with van der Waals surface area (Å²) in [6.45, 7) is 0.0148. The van der Waals surface area contributed by atoms with Crippen molar-refractivity contribution in [1.82, 2.24) is 14.7 Å². The number of hydrogen-bond acceptors (Lipinski definition) is 3. The van der Waals surface area contributed by atoms with Gasteiger partial charge in [-0.3, -0.25) is 4.79 Å². The summed E-state index contributed by atoms with van der Waals surface area (Å²) in [4.78, 5) is 23.4. The predicted octanol–water partition coefficient (Wildman–Crippen LogP) is 2.11. The fourth-order valence-electron chi connectivity index (χ4n) is 1.95. The monoisotopic (exact) mass is 369 g/mol. The minimum atomic E-state index is -1.25. The lowest BCUT2D eigenvalue weighted by Gasteiger charge is -2.08. The normalized spacial score (nSPS) is 13.7. The standard InChI is InChI=1S/C12H8IN3O3/c13-7-1-3-8(4-2-7)16-5-9-10(14-16)6-15(11(9)17)12(18)19/h1-5H,6H2,(H,18,19). The molecule has 1 aliphatic rings. The van der Waals surface area contributed by atoms with E-state index in [0.717, 1.165) is 14.2 Å². The molecule has 0 radical (unpaired) electrons. The smallest absolute Gasteiger partial charge is 0.414 e. The number of nitrogens with zero attached hydrogens (tertiary/aromatic N) is 3. The molecule has 3 rings (SSSR count). The van der Waals surface area contributed by atoms with Crippen LogP contribution in [-0.4, -0.2) is 31.8 Å². The van der Waals surface area contributed by atoms with E-state index >= 15 is 0 Å². The zero-order chi connectivity index (χ0) is 13.6. The van der Waals surface area contributed by atoms with Crippen molar-refractivity contribution < 1.29 is 14.7 Å². The van der Waals surface area contributed by atoms with E-state index < -0.39 is 12.0 Å². The van der Waals surface area contributed by atoms with Crippen LogP contribution in [0.1, 0.15) is 16.1 Å². The maximum Gasteiger partial charge on any atom is 0.414 e. The molecule has 1 N–H and O–H groups in total. The quantitative estimate of drug-likeness (QED) is 0.782. The van der Waals surface area contributed by atoms with Crippen molar-refractivity contribution in [3.63, 3.8) is 0 Å². The second-order valence-corrected chi connectivity index (χ2v) is 5.33. The highest BCUT2D eigenvalue weighted by atomic mass is 127. The highest BCUT2D eigenvalue weighted by Gasteiger charge is 2.34. The van der Waals surface area contributed by atoms with Crippen LogP contribution in [0.2, 0.25) is 0 Å². The van der Waals surface area contributed by atoms with E-state index in [0.29, 0.717) is 11.3 Å². The zero-order valence-electron chi connectivity index (χ0n) is 9.58. The summed E-state index contributed by atoms with van der Waals surface area (Å²) in [6.07, 6.45) is 0.326. The molecule has 6 nitrogen and oxygen atoms in total. The number of benzene rings is 1. The van der Waals surface area contributed by atoms with Gasteiger partial charge in [-0.15, -0.1) is 0 Å². The van der Waals surface area contributed by atoms with E-state index in [1.54, 1.807) is 10.9 Å². The molecule has 1 aliphatic heterocycles. The summed E-state index contributed by atoms with van der Waals surface area (Å²) in [5.74, 6) is -0.515. The fraction of sp³-hybridized carbons (Fsp3) is 0.0833. The first-order valence-corrected chi connectivity index (χ1v) is 6.53. The molecular formula is C12H8IN3O3. The molecule has 0 bridgehead atoms. The third-order valence-electron chi connectivity index (χ3n) is 2.90. The Balaban J connectivity index is 1.97. The number of halogens is 1. The molecule has 2 heterocycles. The second kappa shape index (κ2) is 4.34. The van der Waals surface area contributed by atoms with Crippen LogP contribution in [0, 0.1) is 3.57 Å². The topological polar surface area (TPSA) is 75.4 Å². The summed E-state index contributed by atoms with van der Waals surface area (Å²) in [5, 5.41) is 13.1. The van der Waals surface area contributed by atoms with Gasteiger partial charge in [0.25, 0.3) is 5.91 Å². The number of rotatable bonds is 1. The van der Waals surface area contributed by atoms with Crippen molar-refractivity contribution in [3.8, 4) is 5.69 Å². The number of hydrogen-bond donors (Lipinski definition) is 1. The van der Waals surface area contributed by atoms with Gasteiger partial charge in [-0.2, -0.15) is 5.10 Å². The Kier molecular flexibility index (Phi) is 2.77. The molecule has 1 aromatic carbocycles. The molecule has 0 fully saturated rings. The first kappa shape index (κ1) is 12.2. The Labute approximate surface area is 121 Å². The van der Waals surface area contributed by atoms with Crippen LogP contribution in [0.25, 0.3) is 5.69 Å². The Bertz CT molecular complexity index is 678. The minimum absolute atomic E-state index is 0.0148. The van der Waals surface area contributed by atoms with Gasteiger partial charge in [0.1, 0.15) is 0 Å². The molecule has 0 unspecified atom stereocenters. The second-order valence-electron chi connectivity index (χ2n) is 4.08. The van der Waals surface area contributed by atoms with E-state index in [2.05, 4.69) is 27.7 Å². The van der Waals surface area contributed by atoms with Crippen LogP contribution in [0.4, 0.5) is 4.79 Å². The van der Waals surface area contributed by atoms with Crippen molar-refractivity contribution >= 4 is 34.6 Å². The number of fused-ring (bicyclic) bond motifs is 1. The van der Waals surface area contributed by atoms with Gasteiger partial charge in [0.2, 0.25) is 0 Å². The summed E-state index contributed by atoms with van der Waals surface area (Å²) >= 11 is 2.20. The maximum atomic E-state index is 11.8. The number of amides is 2. The Hall–Kier alpha value is -1.90. The van der Waals surface area contributed by atoms with Crippen LogP contribution in [0.5, 0.6) is 0 Å². The largest absolute Gasteiger partial charge is 0.465 e. The molecular weight excluding hydrogens is 361 g/mol. The highest BCUT2D eigenvalue weighted by molar-refractivity contribution is 14.1. The van der Waals surface area contributed by atoms with Crippen molar-refractivity contribution in [2.24, 2.45) is 0 Å². The SMILES string of the molecule is O=C(O)N1Cc2nn(-c3ccc(I)cc3)cc2C1=O. The van der Waals surface area contributed by atoms with Gasteiger partial charge >= 0.3 is 6.09 Å². The lowest BCUT2D eigenvalue weighted by atomic mass is 10.3. The summed E-state index contributed by atoms with van der Waals surface area (Å²) in [7, 11) is 0. The third kappa shape index (κ3) is 1.99. The summed E-state index contributed by atoms with van der Waals surface area (Å²) in [5.41, 5.74) is 1.68. The average molecular weight is 369 g/mol. The molecule has 96 valence electrons. The van der Waals surface area contributed by atoms with Crippen molar-refractivity contribution in [2.75, 3.05) is 0 Å². The van der Waals surface area contributed by atoms with Crippen molar-refractivity contribution in [2.45, 2.75) is 6.54 Å². The molecule has 0 saturated carbocycles. The van der Waals surface area contributed by atoms with Gasteiger partial charge in [0, 0.05) is 9.77 Å². The number of aromatic nitrogens is 2. The maximum absolute atomic E-state index is 11.8. The first-order valence-electron chi connectivity index (χ1n) is 5.45. The molecule has 19 heavy (non-hydrogen) atoms. The molecule has 0 aliphatic carbocycles. The van der Waals surface area contributed by atoms with Crippen LogP contribution >= 0.6 is 22.6 Å². The molecule has 0 saturated heterocycles. The van der Waals surface area contributed by atoms with E-state index in [9.17, 15) is 9.59 Å². The summed E-state index contributed by atoms with van der Waals surface area (Å²) in [6, 6.07) is 7.66. The fourth-order valence-corrected chi connectivity index (χ4v) is 2.31. The minimum Gasteiger partial charge on any atom is -0.465 e. The zero-order valence-corrected chi connectivity index (χ0v) is 11.7. The van der Waals surface area contributed by atoms with Crippen molar-refractivity contribution in [3.05, 3.63) is 45.3 Å². The van der Waals surface area contributed by atoms with E-state index in [1.807, 2.05) is 24.3 Å². The average Bonchev–Trinajstić information content (AvgIpc) is 2.90. The lowest BCUT2D eigenvalue weighted by molar-refractivity contribution is 0.0761. The van der Waals surface area contributed by atoms with Crippen molar-refractivity contribution in [1.29, 1.82) is 0 Å².